The first-order chi connectivity index (χ1) is 19.9. The van der Waals surface area contributed by atoms with Crippen molar-refractivity contribution < 1.29 is 14.7 Å². The minimum atomic E-state index is -0.617. The molecule has 11 heteroatoms. The van der Waals surface area contributed by atoms with E-state index < -0.39 is 5.91 Å². The number of aromatic nitrogens is 2. The van der Waals surface area contributed by atoms with Gasteiger partial charge in [0.2, 0.25) is 5.95 Å². The quantitative estimate of drug-likeness (QED) is 0.217. The molecule has 42 heavy (non-hydrogen) atoms. The van der Waals surface area contributed by atoms with Gasteiger partial charge in [0, 0.05) is 42.9 Å². The second-order valence-corrected chi connectivity index (χ2v) is 9.92. The standard InChI is InChI=1S/C31H30N6O4.ClH/c1-36-30(39)27(21-10-12-25(13-11-21)41-19-23-4-2-3-5-26(23)29(38)35-40)28(22-8-6-20(18-32)7-9-22)34-31(36)37-16-14-24(33)15-17-37;/h2-13,24,40H,14-17,19,33H2,1H3,(H,35,38);1H. The molecule has 10 nitrogen and oxygen atoms in total. The van der Waals surface area contributed by atoms with E-state index in [1.165, 1.54) is 0 Å². The van der Waals surface area contributed by atoms with Gasteiger partial charge in [0.25, 0.3) is 11.5 Å². The van der Waals surface area contributed by atoms with Crippen LogP contribution in [0.3, 0.4) is 0 Å². The van der Waals surface area contributed by atoms with Gasteiger partial charge < -0.3 is 15.4 Å². The van der Waals surface area contributed by atoms with Crippen molar-refractivity contribution in [1.82, 2.24) is 15.0 Å². The van der Waals surface area contributed by atoms with E-state index in [0.717, 1.165) is 18.4 Å². The smallest absolute Gasteiger partial charge is 0.275 e. The molecule has 0 bridgehead atoms. The Kier molecular flexibility index (Phi) is 9.60. The van der Waals surface area contributed by atoms with Gasteiger partial charge in [-0.1, -0.05) is 42.5 Å². The highest BCUT2D eigenvalue weighted by molar-refractivity contribution is 5.94. The summed E-state index contributed by atoms with van der Waals surface area (Å²) in [7, 11) is 1.72. The lowest BCUT2D eigenvalue weighted by atomic mass is 9.99. The highest BCUT2D eigenvalue weighted by Gasteiger charge is 2.24. The number of nitriles is 1. The minimum absolute atomic E-state index is 0. The third kappa shape index (κ3) is 6.29. The number of hydrogen-bond acceptors (Lipinski definition) is 8. The van der Waals surface area contributed by atoms with E-state index in [2.05, 4.69) is 11.0 Å². The highest BCUT2D eigenvalue weighted by Crippen LogP contribution is 2.32. The second kappa shape index (κ2) is 13.3. The number of hydroxylamine groups is 1. The van der Waals surface area contributed by atoms with Crippen LogP contribution in [0.2, 0.25) is 0 Å². The van der Waals surface area contributed by atoms with Crippen molar-refractivity contribution in [2.24, 2.45) is 12.8 Å². The van der Waals surface area contributed by atoms with Gasteiger partial charge >= 0.3 is 0 Å². The van der Waals surface area contributed by atoms with Crippen LogP contribution in [0.25, 0.3) is 22.4 Å². The van der Waals surface area contributed by atoms with E-state index in [1.807, 2.05) is 0 Å². The molecule has 1 aliphatic heterocycles. The zero-order valence-electron chi connectivity index (χ0n) is 23.0. The van der Waals surface area contributed by atoms with Crippen molar-refractivity contribution in [3.8, 4) is 34.2 Å². The van der Waals surface area contributed by atoms with E-state index in [9.17, 15) is 14.9 Å². The number of carbonyl (C=O) groups is 1. The summed E-state index contributed by atoms with van der Waals surface area (Å²) in [6.45, 7) is 1.53. The number of anilines is 1. The molecule has 0 atom stereocenters. The Balaban J connectivity index is 0.00000405. The number of benzene rings is 3. The molecule has 1 saturated heterocycles. The van der Waals surface area contributed by atoms with Gasteiger partial charge in [-0.15, -0.1) is 12.4 Å². The SMILES string of the molecule is Cl.Cn1c(N2CCC(N)CC2)nc(-c2ccc(C#N)cc2)c(-c2ccc(OCc3ccccc3C(=O)NO)cc2)c1=O. The molecule has 0 saturated carbocycles. The van der Waals surface area contributed by atoms with E-state index in [0.29, 0.717) is 58.3 Å². The lowest BCUT2D eigenvalue weighted by Crippen LogP contribution is -2.42. The van der Waals surface area contributed by atoms with E-state index in [-0.39, 0.29) is 30.6 Å². The lowest BCUT2D eigenvalue weighted by molar-refractivity contribution is 0.0703. The molecule has 1 amide bonds. The largest absolute Gasteiger partial charge is 0.489 e. The van der Waals surface area contributed by atoms with Crippen LogP contribution in [0.1, 0.15) is 34.3 Å². The summed E-state index contributed by atoms with van der Waals surface area (Å²) in [5.74, 6) is 0.503. The highest BCUT2D eigenvalue weighted by atomic mass is 35.5. The topological polar surface area (TPSA) is 146 Å². The summed E-state index contributed by atoms with van der Waals surface area (Å²) < 4.78 is 7.49. The van der Waals surface area contributed by atoms with Gasteiger partial charge in [-0.2, -0.15) is 5.26 Å². The number of amides is 1. The average Bonchev–Trinajstić information content (AvgIpc) is 3.02. The molecule has 3 aromatic carbocycles. The number of carbonyl (C=O) groups excluding carboxylic acids is 1. The van der Waals surface area contributed by atoms with Gasteiger partial charge in [0.1, 0.15) is 12.4 Å². The number of nitrogens with two attached hydrogens (primary N) is 1. The number of rotatable bonds is 7. The third-order valence-electron chi connectivity index (χ3n) is 7.28. The molecular weight excluding hydrogens is 556 g/mol. The Labute approximate surface area is 249 Å². The molecule has 4 aromatic rings. The monoisotopic (exact) mass is 586 g/mol. The summed E-state index contributed by atoms with van der Waals surface area (Å²) in [5.41, 5.74) is 11.4. The Morgan fingerprint density at radius 3 is 2.36 bits per heavy atom. The van der Waals surface area contributed by atoms with Gasteiger partial charge in [0.05, 0.1) is 22.9 Å². The molecular formula is C31H31ClN6O4. The fraction of sp³-hybridized carbons (Fsp3) is 0.226. The normalized spacial score (nSPS) is 13.1. The summed E-state index contributed by atoms with van der Waals surface area (Å²) in [6.07, 6.45) is 1.64. The molecule has 1 fully saturated rings. The van der Waals surface area contributed by atoms with Crippen LogP contribution in [0.4, 0.5) is 5.95 Å². The van der Waals surface area contributed by atoms with E-state index >= 15 is 0 Å². The van der Waals surface area contributed by atoms with Crippen LogP contribution in [0.5, 0.6) is 5.75 Å². The van der Waals surface area contributed by atoms with Crippen LogP contribution < -0.4 is 26.4 Å². The molecule has 216 valence electrons. The number of piperidine rings is 1. The summed E-state index contributed by atoms with van der Waals surface area (Å²) in [6, 6.07) is 23.2. The van der Waals surface area contributed by atoms with Crippen LogP contribution >= 0.6 is 12.4 Å². The fourth-order valence-corrected chi connectivity index (χ4v) is 4.95. The van der Waals surface area contributed by atoms with Crippen LogP contribution in [-0.4, -0.2) is 39.8 Å². The maximum atomic E-state index is 13.9. The van der Waals surface area contributed by atoms with Crippen molar-refractivity contribution >= 4 is 24.3 Å². The number of ether oxygens (including phenoxy) is 1. The molecule has 1 aliphatic rings. The maximum absolute atomic E-state index is 13.9. The number of nitrogens with one attached hydrogen (secondary N) is 1. The predicted molar refractivity (Wildman–Crippen MR) is 162 cm³/mol. The molecule has 1 aromatic heterocycles. The van der Waals surface area contributed by atoms with Gasteiger partial charge in [0.15, 0.2) is 0 Å². The molecule has 4 N–H and O–H groups in total. The number of nitrogens with zero attached hydrogens (tertiary/aromatic N) is 4. The van der Waals surface area contributed by atoms with Crippen molar-refractivity contribution in [3.63, 3.8) is 0 Å². The molecule has 2 heterocycles. The Hall–Kier alpha value is -4.69. The van der Waals surface area contributed by atoms with Gasteiger partial charge in [-0.3, -0.25) is 19.4 Å². The minimum Gasteiger partial charge on any atom is -0.489 e. The first-order valence-corrected chi connectivity index (χ1v) is 13.3. The number of halogens is 1. The molecule has 0 aliphatic carbocycles. The van der Waals surface area contributed by atoms with Crippen molar-refractivity contribution in [3.05, 3.63) is 99.8 Å². The van der Waals surface area contributed by atoms with Crippen LogP contribution in [0, 0.1) is 11.3 Å². The van der Waals surface area contributed by atoms with Crippen molar-refractivity contribution in [1.29, 1.82) is 5.26 Å². The number of hydrogen-bond donors (Lipinski definition) is 3. The Morgan fingerprint density at radius 1 is 1.07 bits per heavy atom. The van der Waals surface area contributed by atoms with E-state index in [1.54, 1.807) is 89.9 Å². The fourth-order valence-electron chi connectivity index (χ4n) is 4.95. The van der Waals surface area contributed by atoms with Crippen molar-refractivity contribution in [2.75, 3.05) is 18.0 Å². The average molecular weight is 587 g/mol. The van der Waals surface area contributed by atoms with E-state index in [4.69, 9.17) is 20.7 Å². The lowest BCUT2D eigenvalue weighted by Gasteiger charge is -2.32. The Morgan fingerprint density at radius 2 is 1.71 bits per heavy atom. The van der Waals surface area contributed by atoms with Crippen LogP contribution in [0.15, 0.2) is 77.6 Å². The summed E-state index contributed by atoms with van der Waals surface area (Å²) in [5, 5.41) is 18.3. The first-order valence-electron chi connectivity index (χ1n) is 13.3. The molecule has 0 radical (unpaired) electrons. The predicted octanol–water partition coefficient (Wildman–Crippen LogP) is 4.03. The zero-order valence-corrected chi connectivity index (χ0v) is 23.8. The second-order valence-electron chi connectivity index (χ2n) is 9.92. The zero-order chi connectivity index (χ0) is 28.9. The first kappa shape index (κ1) is 30.3. The van der Waals surface area contributed by atoms with Crippen LogP contribution in [-0.2, 0) is 13.7 Å². The maximum Gasteiger partial charge on any atom is 0.275 e. The Bertz CT molecular complexity index is 1660. The van der Waals surface area contributed by atoms with Gasteiger partial charge in [-0.05, 0) is 48.7 Å². The molecule has 0 spiro atoms. The summed E-state index contributed by atoms with van der Waals surface area (Å²) >= 11 is 0. The molecule has 5 rings (SSSR count). The molecule has 0 unspecified atom stereocenters. The van der Waals surface area contributed by atoms with Crippen molar-refractivity contribution in [2.45, 2.75) is 25.5 Å². The summed E-state index contributed by atoms with van der Waals surface area (Å²) in [4.78, 5) is 32.9. The van der Waals surface area contributed by atoms with Gasteiger partial charge in [-0.25, -0.2) is 10.5 Å². The third-order valence-corrected chi connectivity index (χ3v) is 7.28.